The summed E-state index contributed by atoms with van der Waals surface area (Å²) in [4.78, 5) is 0. The number of nitrogens with zero attached hydrogens (tertiary/aromatic N) is 2. The van der Waals surface area contributed by atoms with Crippen LogP contribution in [0.4, 0.5) is 13.2 Å². The maximum Gasteiger partial charge on any atom is 0.406 e. The number of rotatable bonds is 1. The quantitative estimate of drug-likeness (QED) is 0.731. The van der Waals surface area contributed by atoms with Gasteiger partial charge in [-0.3, -0.25) is 0 Å². The van der Waals surface area contributed by atoms with Crippen LogP contribution in [0.5, 0.6) is 0 Å². The van der Waals surface area contributed by atoms with E-state index < -0.39 is 12.7 Å². The van der Waals surface area contributed by atoms with Crippen LogP contribution < -0.4 is 0 Å². The monoisotopic (exact) mass is 224 g/mol. The molecule has 0 bridgehead atoms. The molecule has 0 spiro atoms. The van der Waals surface area contributed by atoms with Crippen molar-refractivity contribution in [3.05, 3.63) is 36.0 Å². The van der Waals surface area contributed by atoms with Crippen LogP contribution in [-0.2, 0) is 6.54 Å². The molecule has 0 amide bonds. The molecule has 0 aliphatic carbocycles. The van der Waals surface area contributed by atoms with Crippen LogP contribution in [0.15, 0.2) is 30.5 Å². The zero-order valence-electron chi connectivity index (χ0n) is 8.12. The molecule has 5 heteroatoms. The lowest BCUT2D eigenvalue weighted by Gasteiger charge is -2.08. The van der Waals surface area contributed by atoms with E-state index in [0.717, 1.165) is 4.57 Å². The Labute approximate surface area is 89.5 Å². The highest BCUT2D eigenvalue weighted by Crippen LogP contribution is 2.24. The number of alkyl halides is 3. The van der Waals surface area contributed by atoms with E-state index >= 15 is 0 Å². The summed E-state index contributed by atoms with van der Waals surface area (Å²) < 4.78 is 37.8. The Morgan fingerprint density at radius 3 is 2.62 bits per heavy atom. The minimum Gasteiger partial charge on any atom is -0.338 e. The first-order valence-electron chi connectivity index (χ1n) is 4.56. The Morgan fingerprint density at radius 2 is 2.00 bits per heavy atom. The molecular weight excluding hydrogens is 217 g/mol. The molecule has 2 nitrogen and oxygen atoms in total. The first-order valence-corrected chi connectivity index (χ1v) is 4.56. The van der Waals surface area contributed by atoms with Crippen LogP contribution in [-0.4, -0.2) is 10.7 Å². The van der Waals surface area contributed by atoms with Gasteiger partial charge in [0.1, 0.15) is 6.54 Å². The predicted molar refractivity (Wildman–Crippen MR) is 52.7 cm³/mol. The van der Waals surface area contributed by atoms with Crippen molar-refractivity contribution in [1.82, 2.24) is 4.57 Å². The summed E-state index contributed by atoms with van der Waals surface area (Å²) in [6.45, 7) is -1.04. The Balaban J connectivity index is 2.55. The number of hydrogen-bond donors (Lipinski definition) is 0. The number of nitriles is 1. The van der Waals surface area contributed by atoms with Crippen molar-refractivity contribution in [2.75, 3.05) is 0 Å². The Morgan fingerprint density at radius 1 is 1.25 bits per heavy atom. The summed E-state index contributed by atoms with van der Waals surface area (Å²) in [6.07, 6.45) is -2.91. The van der Waals surface area contributed by atoms with Crippen molar-refractivity contribution in [2.45, 2.75) is 12.7 Å². The number of fused-ring (bicyclic) bond motifs is 1. The number of halogens is 3. The van der Waals surface area contributed by atoms with Gasteiger partial charge >= 0.3 is 6.18 Å². The highest BCUT2D eigenvalue weighted by atomic mass is 19.4. The molecule has 0 fully saturated rings. The third-order valence-electron chi connectivity index (χ3n) is 2.28. The van der Waals surface area contributed by atoms with E-state index in [1.54, 1.807) is 18.2 Å². The maximum atomic E-state index is 12.2. The summed E-state index contributed by atoms with van der Waals surface area (Å²) in [5.41, 5.74) is 0.815. The molecule has 0 saturated carbocycles. The van der Waals surface area contributed by atoms with Crippen LogP contribution in [0, 0.1) is 11.3 Å². The van der Waals surface area contributed by atoms with E-state index in [2.05, 4.69) is 0 Å². The van der Waals surface area contributed by atoms with Gasteiger partial charge in [-0.2, -0.15) is 18.4 Å². The lowest BCUT2D eigenvalue weighted by molar-refractivity contribution is -0.139. The van der Waals surface area contributed by atoms with Gasteiger partial charge in [-0.1, -0.05) is 6.07 Å². The molecule has 0 unspecified atom stereocenters. The lowest BCUT2D eigenvalue weighted by atomic mass is 10.1. The van der Waals surface area contributed by atoms with Crippen LogP contribution >= 0.6 is 0 Å². The largest absolute Gasteiger partial charge is 0.406 e. The highest BCUT2D eigenvalue weighted by Gasteiger charge is 2.28. The average Bonchev–Trinajstić information content (AvgIpc) is 2.59. The smallest absolute Gasteiger partial charge is 0.338 e. The van der Waals surface area contributed by atoms with Crippen LogP contribution in [0.3, 0.4) is 0 Å². The molecule has 0 saturated heterocycles. The fraction of sp³-hybridized carbons (Fsp3) is 0.182. The molecule has 2 rings (SSSR count). The van der Waals surface area contributed by atoms with Gasteiger partial charge in [0.05, 0.1) is 11.6 Å². The third kappa shape index (κ3) is 1.87. The molecule has 0 aliphatic heterocycles. The first-order chi connectivity index (χ1) is 7.51. The van der Waals surface area contributed by atoms with Crippen molar-refractivity contribution < 1.29 is 13.2 Å². The summed E-state index contributed by atoms with van der Waals surface area (Å²) in [6, 6.07) is 8.21. The van der Waals surface area contributed by atoms with Gasteiger partial charge in [-0.25, -0.2) is 0 Å². The maximum absolute atomic E-state index is 12.2. The number of aromatic nitrogens is 1. The second-order valence-electron chi connectivity index (χ2n) is 3.41. The Bertz CT molecular complexity index is 561. The molecule has 2 aromatic rings. The van der Waals surface area contributed by atoms with Crippen molar-refractivity contribution >= 4 is 10.9 Å². The zero-order chi connectivity index (χ0) is 11.8. The molecule has 1 aromatic carbocycles. The van der Waals surface area contributed by atoms with Crippen molar-refractivity contribution in [3.63, 3.8) is 0 Å². The Hall–Kier alpha value is -1.96. The molecule has 82 valence electrons. The van der Waals surface area contributed by atoms with E-state index in [1.807, 2.05) is 6.07 Å². The van der Waals surface area contributed by atoms with E-state index in [1.165, 1.54) is 12.3 Å². The molecule has 1 heterocycles. The van der Waals surface area contributed by atoms with Crippen LogP contribution in [0.25, 0.3) is 10.9 Å². The SMILES string of the molecule is N#Cc1cccc2c1ccn2CC(F)(F)F. The standard InChI is InChI=1S/C11H7F3N2/c12-11(13,14)7-16-5-4-9-8(6-15)2-1-3-10(9)16/h1-5H,7H2. The van der Waals surface area contributed by atoms with Crippen molar-refractivity contribution in [2.24, 2.45) is 0 Å². The predicted octanol–water partition coefficient (Wildman–Crippen LogP) is 3.08. The normalized spacial score (nSPS) is 11.6. The first kappa shape index (κ1) is 10.6. The van der Waals surface area contributed by atoms with Gasteiger partial charge in [0.25, 0.3) is 0 Å². The zero-order valence-corrected chi connectivity index (χ0v) is 8.12. The van der Waals surface area contributed by atoms with E-state index in [9.17, 15) is 13.2 Å². The molecule has 1 aromatic heterocycles. The molecular formula is C11H7F3N2. The van der Waals surface area contributed by atoms with Crippen molar-refractivity contribution in [1.29, 1.82) is 5.26 Å². The molecule has 0 radical (unpaired) electrons. The topological polar surface area (TPSA) is 28.7 Å². The summed E-state index contributed by atoms with van der Waals surface area (Å²) >= 11 is 0. The highest BCUT2D eigenvalue weighted by molar-refractivity contribution is 5.85. The van der Waals surface area contributed by atoms with E-state index in [0.29, 0.717) is 16.5 Å². The molecule has 0 atom stereocenters. The van der Waals surface area contributed by atoms with Gasteiger partial charge in [0, 0.05) is 17.1 Å². The number of hydrogen-bond acceptors (Lipinski definition) is 1. The van der Waals surface area contributed by atoms with Gasteiger partial charge in [-0.05, 0) is 18.2 Å². The second kappa shape index (κ2) is 3.56. The lowest BCUT2D eigenvalue weighted by Crippen LogP contribution is -2.16. The fourth-order valence-corrected chi connectivity index (χ4v) is 1.65. The van der Waals surface area contributed by atoms with Crippen LogP contribution in [0.1, 0.15) is 5.56 Å². The van der Waals surface area contributed by atoms with Crippen molar-refractivity contribution in [3.8, 4) is 6.07 Å². The summed E-state index contributed by atoms with van der Waals surface area (Å²) in [5, 5.41) is 9.35. The van der Waals surface area contributed by atoms with Gasteiger partial charge in [0.2, 0.25) is 0 Å². The summed E-state index contributed by atoms with van der Waals surface area (Å²) in [5.74, 6) is 0. The number of benzene rings is 1. The second-order valence-corrected chi connectivity index (χ2v) is 3.41. The van der Waals surface area contributed by atoms with Gasteiger partial charge in [0.15, 0.2) is 0 Å². The Kier molecular flexibility index (Phi) is 2.35. The third-order valence-corrected chi connectivity index (χ3v) is 2.28. The molecule has 16 heavy (non-hydrogen) atoms. The summed E-state index contributed by atoms with van der Waals surface area (Å²) in [7, 11) is 0. The molecule has 0 N–H and O–H groups in total. The van der Waals surface area contributed by atoms with E-state index in [-0.39, 0.29) is 0 Å². The minimum absolute atomic E-state index is 0.387. The van der Waals surface area contributed by atoms with E-state index in [4.69, 9.17) is 5.26 Å². The average molecular weight is 224 g/mol. The van der Waals surface area contributed by atoms with Crippen LogP contribution in [0.2, 0.25) is 0 Å². The van der Waals surface area contributed by atoms with Gasteiger partial charge < -0.3 is 4.57 Å². The minimum atomic E-state index is -4.26. The van der Waals surface area contributed by atoms with Gasteiger partial charge in [-0.15, -0.1) is 0 Å². The molecule has 0 aliphatic rings. The fourth-order valence-electron chi connectivity index (χ4n) is 1.65.